The zero-order valence-electron chi connectivity index (χ0n) is 15.8. The van der Waals surface area contributed by atoms with Gasteiger partial charge in [-0.05, 0) is 12.8 Å². The highest BCUT2D eigenvalue weighted by molar-refractivity contribution is 7.49. The second-order valence-electron chi connectivity index (χ2n) is 6.43. The Morgan fingerprint density at radius 1 is 0.625 bits per heavy atom. The fraction of sp³-hybridized carbons (Fsp3) is 1.00. The van der Waals surface area contributed by atoms with Crippen molar-refractivity contribution in [1.82, 2.24) is 0 Å². The van der Waals surface area contributed by atoms with Crippen LogP contribution in [-0.4, -0.2) is 13.2 Å². The number of unbranched alkanes of at least 4 members (excludes halogenated alkanes) is 12. The lowest BCUT2D eigenvalue weighted by molar-refractivity contribution is 0.154. The predicted molar refractivity (Wildman–Crippen MR) is 102 cm³/mol. The fourth-order valence-electron chi connectivity index (χ4n) is 2.55. The Bertz CT molecular complexity index is 279. The summed E-state index contributed by atoms with van der Waals surface area (Å²) < 4.78 is 27.1. The van der Waals surface area contributed by atoms with Gasteiger partial charge in [0.25, 0.3) is 0 Å². The molecule has 0 aromatic carbocycles. The summed E-state index contributed by atoms with van der Waals surface area (Å²) in [6.45, 7) is 5.16. The van der Waals surface area contributed by atoms with Gasteiger partial charge in [0.05, 0.1) is 25.1 Å². The van der Waals surface area contributed by atoms with Crippen molar-refractivity contribution in [3.8, 4) is 0 Å². The Morgan fingerprint density at radius 2 is 0.958 bits per heavy atom. The first-order valence-corrected chi connectivity index (χ1v) is 11.6. The molecule has 146 valence electrons. The lowest BCUT2D eigenvalue weighted by Gasteiger charge is -2.14. The molecule has 0 spiro atoms. The summed E-state index contributed by atoms with van der Waals surface area (Å²) in [6.07, 6.45) is 16.5. The van der Waals surface area contributed by atoms with Gasteiger partial charge in [0.1, 0.15) is 0 Å². The van der Waals surface area contributed by atoms with E-state index in [0.717, 1.165) is 25.7 Å². The summed E-state index contributed by atoms with van der Waals surface area (Å²) in [4.78, 5) is 0. The van der Waals surface area contributed by atoms with Gasteiger partial charge in [0, 0.05) is 0 Å². The molecule has 4 nitrogen and oxygen atoms in total. The van der Waals surface area contributed by atoms with Crippen molar-refractivity contribution in [2.24, 2.45) is 0 Å². The molecule has 0 rings (SSSR count). The van der Waals surface area contributed by atoms with Crippen LogP contribution >= 0.6 is 19.7 Å². The average Bonchev–Trinajstić information content (AvgIpc) is 2.59. The van der Waals surface area contributed by atoms with E-state index in [2.05, 4.69) is 17.9 Å². The minimum atomic E-state index is -3.57. The van der Waals surface area contributed by atoms with Crippen LogP contribution in [-0.2, 0) is 17.7 Å². The van der Waals surface area contributed by atoms with Gasteiger partial charge in [-0.25, -0.2) is 4.57 Å². The molecule has 0 radical (unpaired) electrons. The van der Waals surface area contributed by atoms with Crippen molar-refractivity contribution >= 4 is 19.7 Å². The third-order valence-electron chi connectivity index (χ3n) is 4.08. The fourth-order valence-corrected chi connectivity index (χ4v) is 3.65. The molecule has 0 unspecified atom stereocenters. The second-order valence-corrected chi connectivity index (χ2v) is 8.39. The highest BCUT2D eigenvalue weighted by atomic mass is 35.5. The molecule has 0 N–H and O–H groups in total. The van der Waals surface area contributed by atoms with E-state index in [-0.39, 0.29) is 0 Å². The third kappa shape index (κ3) is 15.9. The minimum absolute atomic E-state index is 0.370. The summed E-state index contributed by atoms with van der Waals surface area (Å²) in [6, 6.07) is 0. The van der Waals surface area contributed by atoms with Crippen molar-refractivity contribution in [2.75, 3.05) is 13.2 Å². The molecule has 0 fully saturated rings. The van der Waals surface area contributed by atoms with E-state index in [0.29, 0.717) is 13.2 Å². The number of halogens is 1. The Balaban J connectivity index is 3.53. The van der Waals surface area contributed by atoms with Crippen LogP contribution in [0.4, 0.5) is 0 Å². The first-order valence-electron chi connectivity index (χ1n) is 9.88. The van der Waals surface area contributed by atoms with E-state index in [1.54, 1.807) is 0 Å². The number of rotatable bonds is 19. The molecular weight excluding hydrogens is 347 g/mol. The topological polar surface area (TPSA) is 44.8 Å². The molecule has 0 amide bonds. The van der Waals surface area contributed by atoms with Gasteiger partial charge in [-0.15, -0.1) is 0 Å². The second kappa shape index (κ2) is 18.2. The molecule has 0 aliphatic heterocycles. The Labute approximate surface area is 154 Å². The number of hydrogen-bond donors (Lipinski definition) is 0. The van der Waals surface area contributed by atoms with E-state index < -0.39 is 7.82 Å². The first kappa shape index (κ1) is 24.4. The highest BCUT2D eigenvalue weighted by Crippen LogP contribution is 2.50. The van der Waals surface area contributed by atoms with E-state index in [1.807, 2.05) is 0 Å². The van der Waals surface area contributed by atoms with Gasteiger partial charge in [0.15, 0.2) is 0 Å². The molecule has 0 aromatic rings. The summed E-state index contributed by atoms with van der Waals surface area (Å²) in [5.74, 6) is 0. The standard InChI is InChI=1S/C18H38ClO4P/c1-3-5-7-9-11-13-15-17-21-24(20,23-19)22-18-16-14-12-10-8-6-4-2/h3-18H2,1-2H3. The first-order chi connectivity index (χ1) is 11.7. The molecule has 0 aromatic heterocycles. The number of phosphoric ester groups is 1. The van der Waals surface area contributed by atoms with Crippen molar-refractivity contribution in [3.05, 3.63) is 0 Å². The normalized spacial score (nSPS) is 12.0. The summed E-state index contributed by atoms with van der Waals surface area (Å²) in [7, 11) is -3.57. The summed E-state index contributed by atoms with van der Waals surface area (Å²) in [5, 5.41) is 0. The van der Waals surface area contributed by atoms with Crippen molar-refractivity contribution in [3.63, 3.8) is 0 Å². The van der Waals surface area contributed by atoms with Gasteiger partial charge in [-0.2, -0.15) is 4.08 Å². The highest BCUT2D eigenvalue weighted by Gasteiger charge is 2.26. The van der Waals surface area contributed by atoms with Crippen LogP contribution in [0.2, 0.25) is 0 Å². The Hall–Kier alpha value is 0.400. The molecule has 0 aliphatic rings. The van der Waals surface area contributed by atoms with Gasteiger partial charge < -0.3 is 0 Å². The van der Waals surface area contributed by atoms with Crippen molar-refractivity contribution < 1.29 is 17.7 Å². The van der Waals surface area contributed by atoms with Crippen LogP contribution in [0.5, 0.6) is 0 Å². The minimum Gasteiger partial charge on any atom is -0.286 e. The Morgan fingerprint density at radius 3 is 1.29 bits per heavy atom. The molecule has 24 heavy (non-hydrogen) atoms. The van der Waals surface area contributed by atoms with Crippen LogP contribution in [0.3, 0.4) is 0 Å². The van der Waals surface area contributed by atoms with Gasteiger partial charge in [-0.1, -0.05) is 90.9 Å². The van der Waals surface area contributed by atoms with Crippen LogP contribution in [0.1, 0.15) is 104 Å². The smallest absolute Gasteiger partial charge is 0.286 e. The largest absolute Gasteiger partial charge is 0.491 e. The number of phosphoric acid groups is 1. The Kier molecular flexibility index (Phi) is 18.5. The molecule has 0 atom stereocenters. The number of hydrogen-bond acceptors (Lipinski definition) is 4. The van der Waals surface area contributed by atoms with Crippen LogP contribution in [0.15, 0.2) is 0 Å². The lowest BCUT2D eigenvalue weighted by Crippen LogP contribution is -2.00. The predicted octanol–water partition coefficient (Wildman–Crippen LogP) is 7.80. The lowest BCUT2D eigenvalue weighted by atomic mass is 10.1. The van der Waals surface area contributed by atoms with E-state index >= 15 is 0 Å². The quantitative estimate of drug-likeness (QED) is 0.168. The van der Waals surface area contributed by atoms with E-state index in [4.69, 9.17) is 20.9 Å². The zero-order valence-corrected chi connectivity index (χ0v) is 17.4. The molecular formula is C18H38ClO4P. The monoisotopic (exact) mass is 384 g/mol. The molecule has 0 aliphatic carbocycles. The average molecular weight is 385 g/mol. The van der Waals surface area contributed by atoms with Crippen molar-refractivity contribution in [2.45, 2.75) is 104 Å². The SMILES string of the molecule is CCCCCCCCCOP(=O)(OCl)OCCCCCCCCC. The van der Waals surface area contributed by atoms with E-state index in [1.165, 1.54) is 64.2 Å². The van der Waals surface area contributed by atoms with E-state index in [9.17, 15) is 4.57 Å². The summed E-state index contributed by atoms with van der Waals surface area (Å²) in [5.41, 5.74) is 0. The van der Waals surface area contributed by atoms with Crippen LogP contribution < -0.4 is 0 Å². The molecule has 0 saturated carbocycles. The maximum atomic E-state index is 12.1. The summed E-state index contributed by atoms with van der Waals surface area (Å²) >= 11 is 5.29. The van der Waals surface area contributed by atoms with Crippen LogP contribution in [0, 0.1) is 0 Å². The van der Waals surface area contributed by atoms with Gasteiger partial charge in [0.2, 0.25) is 0 Å². The van der Waals surface area contributed by atoms with Gasteiger partial charge >= 0.3 is 7.82 Å². The van der Waals surface area contributed by atoms with Crippen LogP contribution in [0.25, 0.3) is 0 Å². The zero-order chi connectivity index (χ0) is 17.9. The molecule has 0 bridgehead atoms. The molecule has 0 heterocycles. The molecule has 0 saturated heterocycles. The van der Waals surface area contributed by atoms with Crippen molar-refractivity contribution in [1.29, 1.82) is 0 Å². The van der Waals surface area contributed by atoms with Gasteiger partial charge in [-0.3, -0.25) is 9.05 Å². The maximum absolute atomic E-state index is 12.1. The molecule has 6 heteroatoms. The third-order valence-corrected chi connectivity index (χ3v) is 5.75. The maximum Gasteiger partial charge on any atom is 0.491 e.